The third-order valence-corrected chi connectivity index (χ3v) is 4.00. The van der Waals surface area contributed by atoms with Crippen molar-refractivity contribution < 1.29 is 4.74 Å². The third kappa shape index (κ3) is 2.38. The summed E-state index contributed by atoms with van der Waals surface area (Å²) in [6, 6.07) is 6.47. The van der Waals surface area contributed by atoms with E-state index in [0.29, 0.717) is 12.5 Å². The quantitative estimate of drug-likeness (QED) is 0.917. The summed E-state index contributed by atoms with van der Waals surface area (Å²) in [5.74, 6) is 1.73. The zero-order valence-electron chi connectivity index (χ0n) is 11.4. The van der Waals surface area contributed by atoms with Gasteiger partial charge < -0.3 is 15.0 Å². The second-order valence-corrected chi connectivity index (χ2v) is 5.28. The molecule has 1 aromatic carbocycles. The molecule has 1 aliphatic heterocycles. The normalized spacial score (nSPS) is 17.2. The van der Waals surface area contributed by atoms with Gasteiger partial charge in [-0.05, 0) is 43.5 Å². The molecular weight excluding hydrogens is 238 g/mol. The molecule has 2 aromatic rings. The Labute approximate surface area is 113 Å². The lowest BCUT2D eigenvalue weighted by Gasteiger charge is -2.21. The number of ether oxygens (including phenoxy) is 1. The number of aryl methyl sites for hydroxylation is 1. The first kappa shape index (κ1) is 12.6. The van der Waals surface area contributed by atoms with Crippen molar-refractivity contribution in [3.8, 4) is 0 Å². The summed E-state index contributed by atoms with van der Waals surface area (Å²) >= 11 is 0. The highest BCUT2D eigenvalue weighted by Crippen LogP contribution is 2.28. The molecule has 3 rings (SSSR count). The number of nitrogens with two attached hydrogens (primary N) is 1. The van der Waals surface area contributed by atoms with E-state index < -0.39 is 0 Å². The van der Waals surface area contributed by atoms with Crippen LogP contribution in [0.3, 0.4) is 0 Å². The number of nitrogens with zero attached hydrogens (tertiary/aromatic N) is 2. The Hall–Kier alpha value is -1.39. The van der Waals surface area contributed by atoms with Gasteiger partial charge in [-0.2, -0.15) is 0 Å². The van der Waals surface area contributed by atoms with Crippen LogP contribution >= 0.6 is 0 Å². The molecule has 1 fully saturated rings. The predicted molar refractivity (Wildman–Crippen MR) is 76.3 cm³/mol. The van der Waals surface area contributed by atoms with Crippen LogP contribution in [0.4, 0.5) is 0 Å². The minimum Gasteiger partial charge on any atom is -0.381 e. The summed E-state index contributed by atoms with van der Waals surface area (Å²) in [6.07, 6.45) is 3.08. The van der Waals surface area contributed by atoms with E-state index in [2.05, 4.69) is 29.8 Å². The van der Waals surface area contributed by atoms with Crippen molar-refractivity contribution in [2.45, 2.75) is 25.2 Å². The van der Waals surface area contributed by atoms with Crippen LogP contribution in [0.25, 0.3) is 11.0 Å². The molecule has 0 bridgehead atoms. The zero-order valence-corrected chi connectivity index (χ0v) is 11.4. The average molecular weight is 259 g/mol. The maximum absolute atomic E-state index is 5.63. The Balaban J connectivity index is 1.99. The summed E-state index contributed by atoms with van der Waals surface area (Å²) in [7, 11) is 2.12. The monoisotopic (exact) mass is 259 g/mol. The van der Waals surface area contributed by atoms with E-state index in [1.807, 2.05) is 0 Å². The van der Waals surface area contributed by atoms with Gasteiger partial charge in [0.2, 0.25) is 0 Å². The molecule has 1 aliphatic rings. The minimum absolute atomic E-state index is 0.532. The summed E-state index contributed by atoms with van der Waals surface area (Å²) in [5, 5.41) is 0. The highest BCUT2D eigenvalue weighted by molar-refractivity contribution is 5.77. The van der Waals surface area contributed by atoms with Gasteiger partial charge in [0.25, 0.3) is 0 Å². The number of hydrogen-bond acceptors (Lipinski definition) is 3. The van der Waals surface area contributed by atoms with E-state index in [-0.39, 0.29) is 0 Å². The van der Waals surface area contributed by atoms with Gasteiger partial charge in [0, 0.05) is 26.2 Å². The van der Waals surface area contributed by atoms with Crippen molar-refractivity contribution in [3.05, 3.63) is 29.6 Å². The maximum Gasteiger partial charge on any atom is 0.112 e. The molecule has 0 amide bonds. The second kappa shape index (κ2) is 5.31. The summed E-state index contributed by atoms with van der Waals surface area (Å²) in [6.45, 7) is 2.40. The first-order chi connectivity index (χ1) is 9.29. The Morgan fingerprint density at radius 1 is 1.37 bits per heavy atom. The molecular formula is C15H21N3O. The lowest BCUT2D eigenvalue weighted by Crippen LogP contribution is -2.17. The standard InChI is InChI=1S/C15H21N3O/c1-18-14-10-11(4-7-16)2-3-13(14)17-15(18)12-5-8-19-9-6-12/h2-3,10,12H,4-9,16H2,1H3. The van der Waals surface area contributed by atoms with Crippen molar-refractivity contribution in [2.75, 3.05) is 19.8 Å². The van der Waals surface area contributed by atoms with Gasteiger partial charge in [0.15, 0.2) is 0 Å². The predicted octanol–water partition coefficient (Wildman–Crippen LogP) is 1.97. The number of fused-ring (bicyclic) bond motifs is 1. The molecule has 1 aromatic heterocycles. The van der Waals surface area contributed by atoms with E-state index in [4.69, 9.17) is 15.5 Å². The number of hydrogen-bond donors (Lipinski definition) is 1. The van der Waals surface area contributed by atoms with Gasteiger partial charge in [-0.3, -0.25) is 0 Å². The van der Waals surface area contributed by atoms with Crippen LogP contribution in [0.2, 0.25) is 0 Å². The van der Waals surface area contributed by atoms with Gasteiger partial charge in [-0.25, -0.2) is 4.98 Å². The van der Waals surface area contributed by atoms with Gasteiger partial charge in [0.05, 0.1) is 11.0 Å². The molecule has 0 unspecified atom stereocenters. The summed E-state index contributed by atoms with van der Waals surface area (Å²) in [4.78, 5) is 4.81. The molecule has 4 nitrogen and oxygen atoms in total. The fourth-order valence-corrected chi connectivity index (χ4v) is 2.90. The average Bonchev–Trinajstić information content (AvgIpc) is 2.78. The summed E-state index contributed by atoms with van der Waals surface area (Å²) in [5.41, 5.74) is 9.22. The van der Waals surface area contributed by atoms with E-state index in [1.54, 1.807) is 0 Å². The molecule has 2 N–H and O–H groups in total. The molecule has 0 atom stereocenters. The zero-order chi connectivity index (χ0) is 13.2. The molecule has 4 heteroatoms. The summed E-state index contributed by atoms with van der Waals surface area (Å²) < 4.78 is 7.68. The van der Waals surface area contributed by atoms with E-state index in [1.165, 1.54) is 16.9 Å². The topological polar surface area (TPSA) is 53.1 Å². The first-order valence-corrected chi connectivity index (χ1v) is 7.02. The second-order valence-electron chi connectivity index (χ2n) is 5.28. The largest absolute Gasteiger partial charge is 0.381 e. The molecule has 102 valence electrons. The SMILES string of the molecule is Cn1c(C2CCOCC2)nc2ccc(CCN)cc21. The molecule has 0 spiro atoms. The molecule has 0 saturated carbocycles. The fraction of sp³-hybridized carbons (Fsp3) is 0.533. The van der Waals surface area contributed by atoms with Gasteiger partial charge in [0.1, 0.15) is 5.82 Å². The van der Waals surface area contributed by atoms with Crippen LogP contribution in [-0.2, 0) is 18.2 Å². The highest BCUT2D eigenvalue weighted by Gasteiger charge is 2.21. The maximum atomic E-state index is 5.63. The first-order valence-electron chi connectivity index (χ1n) is 7.02. The van der Waals surface area contributed by atoms with E-state index in [9.17, 15) is 0 Å². The van der Waals surface area contributed by atoms with Gasteiger partial charge in [-0.15, -0.1) is 0 Å². The van der Waals surface area contributed by atoms with Crippen molar-refractivity contribution >= 4 is 11.0 Å². The lowest BCUT2D eigenvalue weighted by atomic mass is 9.99. The van der Waals surface area contributed by atoms with Crippen LogP contribution < -0.4 is 5.73 Å². The van der Waals surface area contributed by atoms with Crippen LogP contribution in [-0.4, -0.2) is 29.3 Å². The molecule has 0 radical (unpaired) electrons. The Kier molecular flexibility index (Phi) is 3.53. The van der Waals surface area contributed by atoms with Crippen LogP contribution in [0.5, 0.6) is 0 Å². The lowest BCUT2D eigenvalue weighted by molar-refractivity contribution is 0.0831. The van der Waals surface area contributed by atoms with Crippen molar-refractivity contribution in [2.24, 2.45) is 12.8 Å². The highest BCUT2D eigenvalue weighted by atomic mass is 16.5. The van der Waals surface area contributed by atoms with Crippen LogP contribution in [0, 0.1) is 0 Å². The number of imidazole rings is 1. The molecule has 0 aliphatic carbocycles. The van der Waals surface area contributed by atoms with Crippen LogP contribution in [0.1, 0.15) is 30.1 Å². The van der Waals surface area contributed by atoms with E-state index >= 15 is 0 Å². The smallest absolute Gasteiger partial charge is 0.112 e. The Bertz CT molecular complexity index is 570. The number of benzene rings is 1. The number of rotatable bonds is 3. The molecule has 2 heterocycles. The van der Waals surface area contributed by atoms with E-state index in [0.717, 1.165) is 38.0 Å². The van der Waals surface area contributed by atoms with Crippen molar-refractivity contribution in [1.82, 2.24) is 9.55 Å². The Morgan fingerprint density at radius 2 is 2.16 bits per heavy atom. The van der Waals surface area contributed by atoms with Gasteiger partial charge >= 0.3 is 0 Å². The van der Waals surface area contributed by atoms with Crippen molar-refractivity contribution in [3.63, 3.8) is 0 Å². The molecule has 19 heavy (non-hydrogen) atoms. The third-order valence-electron chi connectivity index (χ3n) is 4.00. The fourth-order valence-electron chi connectivity index (χ4n) is 2.90. The molecule has 1 saturated heterocycles. The Morgan fingerprint density at radius 3 is 2.89 bits per heavy atom. The van der Waals surface area contributed by atoms with Crippen LogP contribution in [0.15, 0.2) is 18.2 Å². The van der Waals surface area contributed by atoms with Crippen molar-refractivity contribution in [1.29, 1.82) is 0 Å². The van der Waals surface area contributed by atoms with Gasteiger partial charge in [-0.1, -0.05) is 6.07 Å². The minimum atomic E-state index is 0.532. The number of aromatic nitrogens is 2.